The number of aromatic amines is 1. The van der Waals surface area contributed by atoms with Crippen molar-refractivity contribution >= 4 is 11.4 Å². The molecule has 1 aromatic heterocycles. The zero-order valence-electron chi connectivity index (χ0n) is 8.57. The Morgan fingerprint density at radius 3 is 3.00 bits per heavy atom. The fourth-order valence-electron chi connectivity index (χ4n) is 1.36. The van der Waals surface area contributed by atoms with Crippen LogP contribution in [0, 0.1) is 11.3 Å². The van der Waals surface area contributed by atoms with Gasteiger partial charge >= 0.3 is 0 Å². The molecule has 0 radical (unpaired) electrons. The molecule has 0 aliphatic heterocycles. The van der Waals surface area contributed by atoms with Crippen LogP contribution >= 0.6 is 0 Å². The molecule has 0 fully saturated rings. The summed E-state index contributed by atoms with van der Waals surface area (Å²) in [4.78, 5) is 0. The van der Waals surface area contributed by atoms with Gasteiger partial charge in [0.2, 0.25) is 0 Å². The zero-order chi connectivity index (χ0) is 11.4. The maximum atomic E-state index is 8.69. The molecule has 0 atom stereocenters. The number of nitrogens with one attached hydrogen (secondary N) is 2. The van der Waals surface area contributed by atoms with Crippen LogP contribution in [0.5, 0.6) is 0 Å². The number of benzene rings is 1. The van der Waals surface area contributed by atoms with E-state index in [1.807, 2.05) is 12.3 Å². The molecule has 1 heterocycles. The average Bonchev–Trinajstić information content (AvgIpc) is 2.80. The maximum Gasteiger partial charge on any atom is 0.0992 e. The number of nitrogens with two attached hydrogens (primary N) is 1. The van der Waals surface area contributed by atoms with Crippen LogP contribution in [0.15, 0.2) is 30.6 Å². The van der Waals surface area contributed by atoms with E-state index in [2.05, 4.69) is 15.5 Å². The summed E-state index contributed by atoms with van der Waals surface area (Å²) in [5.41, 5.74) is 8.80. The largest absolute Gasteiger partial charge is 0.397 e. The number of anilines is 2. The highest BCUT2D eigenvalue weighted by molar-refractivity contribution is 5.68. The van der Waals surface area contributed by atoms with Crippen molar-refractivity contribution in [2.75, 3.05) is 11.1 Å². The molecular formula is C11H11N5. The van der Waals surface area contributed by atoms with E-state index in [-0.39, 0.29) is 0 Å². The van der Waals surface area contributed by atoms with Crippen molar-refractivity contribution in [3.8, 4) is 6.07 Å². The number of aromatic nitrogens is 2. The summed E-state index contributed by atoms with van der Waals surface area (Å²) < 4.78 is 0. The Bertz CT molecular complexity index is 510. The molecule has 5 heteroatoms. The first-order valence-corrected chi connectivity index (χ1v) is 4.81. The Morgan fingerprint density at radius 2 is 2.38 bits per heavy atom. The molecule has 80 valence electrons. The molecule has 0 saturated heterocycles. The second-order valence-electron chi connectivity index (χ2n) is 3.37. The van der Waals surface area contributed by atoms with Gasteiger partial charge in [0, 0.05) is 18.3 Å². The third kappa shape index (κ3) is 2.12. The van der Waals surface area contributed by atoms with E-state index >= 15 is 0 Å². The first-order valence-electron chi connectivity index (χ1n) is 4.81. The number of nitrogens with zero attached hydrogens (tertiary/aromatic N) is 2. The summed E-state index contributed by atoms with van der Waals surface area (Å²) in [5.74, 6) is 0. The van der Waals surface area contributed by atoms with E-state index in [4.69, 9.17) is 11.0 Å². The monoisotopic (exact) mass is 213 g/mol. The molecule has 0 aliphatic carbocycles. The highest BCUT2D eigenvalue weighted by Gasteiger charge is 2.00. The van der Waals surface area contributed by atoms with Gasteiger partial charge in [0.05, 0.1) is 29.2 Å². The Labute approximate surface area is 92.9 Å². The minimum absolute atomic E-state index is 0.561. The van der Waals surface area contributed by atoms with Gasteiger partial charge in [-0.15, -0.1) is 0 Å². The van der Waals surface area contributed by atoms with Gasteiger partial charge < -0.3 is 11.1 Å². The molecule has 0 unspecified atom stereocenters. The van der Waals surface area contributed by atoms with E-state index in [1.165, 1.54) is 0 Å². The highest BCUT2D eigenvalue weighted by Crippen LogP contribution is 2.19. The van der Waals surface area contributed by atoms with E-state index in [0.29, 0.717) is 17.8 Å². The Kier molecular flexibility index (Phi) is 2.74. The summed E-state index contributed by atoms with van der Waals surface area (Å²) in [7, 11) is 0. The summed E-state index contributed by atoms with van der Waals surface area (Å²) in [6, 6.07) is 7.22. The van der Waals surface area contributed by atoms with E-state index in [9.17, 15) is 0 Å². The minimum atomic E-state index is 0.561. The van der Waals surface area contributed by atoms with Crippen LogP contribution in [0.2, 0.25) is 0 Å². The van der Waals surface area contributed by atoms with Gasteiger partial charge in [-0.2, -0.15) is 10.4 Å². The minimum Gasteiger partial charge on any atom is -0.397 e. The predicted molar refractivity (Wildman–Crippen MR) is 61.5 cm³/mol. The summed E-state index contributed by atoms with van der Waals surface area (Å²) >= 11 is 0. The molecule has 0 bridgehead atoms. The van der Waals surface area contributed by atoms with Crippen molar-refractivity contribution in [1.82, 2.24) is 10.2 Å². The molecule has 2 rings (SSSR count). The smallest absolute Gasteiger partial charge is 0.0992 e. The molecular weight excluding hydrogens is 202 g/mol. The molecule has 0 spiro atoms. The molecule has 0 aliphatic rings. The zero-order valence-corrected chi connectivity index (χ0v) is 8.57. The lowest BCUT2D eigenvalue weighted by atomic mass is 10.2. The molecule has 16 heavy (non-hydrogen) atoms. The van der Waals surface area contributed by atoms with Crippen LogP contribution < -0.4 is 11.1 Å². The third-order valence-corrected chi connectivity index (χ3v) is 2.22. The number of nitrogen functional groups attached to an aromatic ring is 1. The molecule has 2 aromatic rings. The van der Waals surface area contributed by atoms with Gasteiger partial charge in [0.1, 0.15) is 0 Å². The van der Waals surface area contributed by atoms with Crippen LogP contribution in [0.4, 0.5) is 11.4 Å². The first kappa shape index (κ1) is 10.1. The molecule has 4 N–H and O–H groups in total. The van der Waals surface area contributed by atoms with Crippen LogP contribution in [-0.4, -0.2) is 10.2 Å². The van der Waals surface area contributed by atoms with Crippen molar-refractivity contribution in [3.63, 3.8) is 0 Å². The summed E-state index contributed by atoms with van der Waals surface area (Å²) in [5, 5.41) is 18.4. The third-order valence-electron chi connectivity index (χ3n) is 2.22. The highest BCUT2D eigenvalue weighted by atomic mass is 15.1. The van der Waals surface area contributed by atoms with E-state index < -0.39 is 0 Å². The standard InChI is InChI=1S/C11H11N5/c12-4-8-1-2-11(10(13)3-8)14-5-9-6-15-16-7-9/h1-3,6-7,14H,5,13H2,(H,15,16). The van der Waals surface area contributed by atoms with Gasteiger partial charge in [-0.3, -0.25) is 5.10 Å². The Balaban J connectivity index is 2.08. The van der Waals surface area contributed by atoms with Crippen LogP contribution in [-0.2, 0) is 6.54 Å². The van der Waals surface area contributed by atoms with Crippen LogP contribution in [0.1, 0.15) is 11.1 Å². The average molecular weight is 213 g/mol. The number of rotatable bonds is 3. The quantitative estimate of drug-likeness (QED) is 0.673. The summed E-state index contributed by atoms with van der Waals surface area (Å²) in [6.45, 7) is 0.645. The van der Waals surface area contributed by atoms with Gasteiger partial charge in [0.25, 0.3) is 0 Å². The van der Waals surface area contributed by atoms with Crippen LogP contribution in [0.25, 0.3) is 0 Å². The van der Waals surface area contributed by atoms with Crippen LogP contribution in [0.3, 0.4) is 0 Å². The normalized spacial score (nSPS) is 9.69. The maximum absolute atomic E-state index is 8.69. The fraction of sp³-hybridized carbons (Fsp3) is 0.0909. The molecule has 0 amide bonds. The molecule has 1 aromatic carbocycles. The van der Waals surface area contributed by atoms with Gasteiger partial charge in [0.15, 0.2) is 0 Å². The van der Waals surface area contributed by atoms with Crippen molar-refractivity contribution in [1.29, 1.82) is 5.26 Å². The lowest BCUT2D eigenvalue weighted by Gasteiger charge is -2.07. The van der Waals surface area contributed by atoms with Crippen molar-refractivity contribution < 1.29 is 0 Å². The number of hydrogen-bond donors (Lipinski definition) is 3. The van der Waals surface area contributed by atoms with Crippen molar-refractivity contribution in [2.45, 2.75) is 6.54 Å². The Hall–Kier alpha value is -2.48. The predicted octanol–water partition coefficient (Wildman–Crippen LogP) is 1.48. The van der Waals surface area contributed by atoms with E-state index in [0.717, 1.165) is 11.3 Å². The van der Waals surface area contributed by atoms with Gasteiger partial charge in [-0.05, 0) is 18.2 Å². The number of H-pyrrole nitrogens is 1. The van der Waals surface area contributed by atoms with E-state index in [1.54, 1.807) is 24.4 Å². The first-order chi connectivity index (χ1) is 7.79. The topological polar surface area (TPSA) is 90.5 Å². The lowest BCUT2D eigenvalue weighted by Crippen LogP contribution is -2.01. The second kappa shape index (κ2) is 4.36. The SMILES string of the molecule is N#Cc1ccc(NCc2cn[nH]c2)c(N)c1. The Morgan fingerprint density at radius 1 is 1.50 bits per heavy atom. The molecule has 0 saturated carbocycles. The number of nitriles is 1. The second-order valence-corrected chi connectivity index (χ2v) is 3.37. The van der Waals surface area contributed by atoms with Gasteiger partial charge in [-0.25, -0.2) is 0 Å². The number of hydrogen-bond acceptors (Lipinski definition) is 4. The molecule has 5 nitrogen and oxygen atoms in total. The summed E-state index contributed by atoms with van der Waals surface area (Å²) in [6.07, 6.45) is 3.56. The van der Waals surface area contributed by atoms with Gasteiger partial charge in [-0.1, -0.05) is 0 Å². The van der Waals surface area contributed by atoms with Crippen molar-refractivity contribution in [2.24, 2.45) is 0 Å². The lowest BCUT2D eigenvalue weighted by molar-refractivity contribution is 1.09. The fourth-order valence-corrected chi connectivity index (χ4v) is 1.36. The van der Waals surface area contributed by atoms with Crippen molar-refractivity contribution in [3.05, 3.63) is 41.7 Å².